The number of amides is 1. The van der Waals surface area contributed by atoms with Crippen LogP contribution in [0.25, 0.3) is 0 Å². The van der Waals surface area contributed by atoms with Crippen molar-refractivity contribution in [2.75, 3.05) is 25.5 Å². The van der Waals surface area contributed by atoms with Gasteiger partial charge in [0.15, 0.2) is 6.10 Å². The average molecular weight is 277 g/mol. The van der Waals surface area contributed by atoms with Gasteiger partial charge < -0.3 is 15.3 Å². The molecule has 1 atom stereocenters. The summed E-state index contributed by atoms with van der Waals surface area (Å²) in [4.78, 5) is 17.2. The Morgan fingerprint density at radius 1 is 1.47 bits per heavy atom. The molecular formula is C11H14F3N3O2. The number of hydrogen-bond acceptors (Lipinski definition) is 4. The summed E-state index contributed by atoms with van der Waals surface area (Å²) in [6.07, 6.45) is -6.07. The molecule has 8 heteroatoms. The minimum Gasteiger partial charge on any atom is -0.382 e. The molecule has 0 spiro atoms. The van der Waals surface area contributed by atoms with Crippen LogP contribution in [0, 0.1) is 0 Å². The Hall–Kier alpha value is -1.83. The molecule has 106 valence electrons. The third-order valence-corrected chi connectivity index (χ3v) is 2.30. The molecule has 0 aliphatic rings. The Morgan fingerprint density at radius 2 is 2.11 bits per heavy atom. The number of nitrogens with one attached hydrogen (secondary N) is 1. The number of hydrogen-bond donors (Lipinski definition) is 2. The fourth-order valence-electron chi connectivity index (χ4n) is 1.19. The minimum atomic E-state index is -4.75. The van der Waals surface area contributed by atoms with E-state index < -0.39 is 24.7 Å². The van der Waals surface area contributed by atoms with Gasteiger partial charge in [0.05, 0.1) is 12.1 Å². The number of halogens is 3. The van der Waals surface area contributed by atoms with E-state index in [2.05, 4.69) is 4.98 Å². The SMILES string of the molecule is CN(C)c1ccc(C(=O)NCC(O)C(F)(F)F)cn1. The molecule has 1 heterocycles. The van der Waals surface area contributed by atoms with Crippen LogP contribution in [0.5, 0.6) is 0 Å². The molecule has 2 N–H and O–H groups in total. The summed E-state index contributed by atoms with van der Waals surface area (Å²) in [5.41, 5.74) is 0.125. The first-order chi connectivity index (χ1) is 8.71. The first-order valence-electron chi connectivity index (χ1n) is 5.38. The molecule has 0 fully saturated rings. The summed E-state index contributed by atoms with van der Waals surface area (Å²) < 4.78 is 36.1. The number of aromatic nitrogens is 1. The van der Waals surface area contributed by atoms with Crippen molar-refractivity contribution in [1.82, 2.24) is 10.3 Å². The van der Waals surface area contributed by atoms with Crippen LogP contribution in [-0.2, 0) is 0 Å². The van der Waals surface area contributed by atoms with Crippen molar-refractivity contribution in [2.45, 2.75) is 12.3 Å². The highest BCUT2D eigenvalue weighted by atomic mass is 19.4. The zero-order valence-electron chi connectivity index (χ0n) is 10.4. The lowest BCUT2D eigenvalue weighted by atomic mass is 10.2. The molecule has 0 saturated carbocycles. The van der Waals surface area contributed by atoms with Crippen LogP contribution < -0.4 is 10.2 Å². The van der Waals surface area contributed by atoms with Crippen molar-refractivity contribution in [3.05, 3.63) is 23.9 Å². The normalized spacial score (nSPS) is 12.9. The standard InChI is InChI=1S/C11H14F3N3O2/c1-17(2)9-4-3-7(5-15-9)10(19)16-6-8(18)11(12,13)14/h3-5,8,18H,6H2,1-2H3,(H,16,19). The van der Waals surface area contributed by atoms with Crippen molar-refractivity contribution in [3.8, 4) is 0 Å². The van der Waals surface area contributed by atoms with E-state index in [9.17, 15) is 18.0 Å². The Kier molecular flexibility index (Phi) is 4.71. The molecule has 1 amide bonds. The Bertz CT molecular complexity index is 432. The van der Waals surface area contributed by atoms with E-state index in [1.165, 1.54) is 12.3 Å². The smallest absolute Gasteiger partial charge is 0.382 e. The van der Waals surface area contributed by atoms with E-state index >= 15 is 0 Å². The second-order valence-electron chi connectivity index (χ2n) is 4.07. The van der Waals surface area contributed by atoms with Gasteiger partial charge in [-0.3, -0.25) is 4.79 Å². The topological polar surface area (TPSA) is 65.5 Å². The van der Waals surface area contributed by atoms with Crippen LogP contribution in [-0.4, -0.2) is 48.9 Å². The molecule has 19 heavy (non-hydrogen) atoms. The highest BCUT2D eigenvalue weighted by Gasteiger charge is 2.38. The fourth-order valence-corrected chi connectivity index (χ4v) is 1.19. The van der Waals surface area contributed by atoms with Gasteiger partial charge >= 0.3 is 6.18 Å². The van der Waals surface area contributed by atoms with Crippen molar-refractivity contribution in [3.63, 3.8) is 0 Å². The van der Waals surface area contributed by atoms with Crippen LogP contribution in [0.1, 0.15) is 10.4 Å². The third-order valence-electron chi connectivity index (χ3n) is 2.30. The number of nitrogens with zero attached hydrogens (tertiary/aromatic N) is 2. The molecule has 0 aliphatic carbocycles. The van der Waals surface area contributed by atoms with Gasteiger partial charge in [-0.1, -0.05) is 0 Å². The molecule has 1 unspecified atom stereocenters. The third kappa shape index (κ3) is 4.40. The lowest BCUT2D eigenvalue weighted by Crippen LogP contribution is -2.40. The highest BCUT2D eigenvalue weighted by molar-refractivity contribution is 5.94. The Morgan fingerprint density at radius 3 is 2.53 bits per heavy atom. The summed E-state index contributed by atoms with van der Waals surface area (Å²) in [6, 6.07) is 3.01. The van der Waals surface area contributed by atoms with E-state index in [4.69, 9.17) is 5.11 Å². The molecule has 1 aromatic heterocycles. The van der Waals surface area contributed by atoms with Crippen LogP contribution in [0.3, 0.4) is 0 Å². The van der Waals surface area contributed by atoms with Gasteiger partial charge in [0, 0.05) is 20.3 Å². The first kappa shape index (κ1) is 15.2. The maximum atomic E-state index is 12.0. The summed E-state index contributed by atoms with van der Waals surface area (Å²) in [5.74, 6) is -0.104. The maximum Gasteiger partial charge on any atom is 0.416 e. The van der Waals surface area contributed by atoms with E-state index in [0.717, 1.165) is 0 Å². The summed E-state index contributed by atoms with van der Waals surface area (Å²) in [7, 11) is 3.53. The highest BCUT2D eigenvalue weighted by Crippen LogP contribution is 2.19. The van der Waals surface area contributed by atoms with Crippen molar-refractivity contribution in [1.29, 1.82) is 0 Å². The lowest BCUT2D eigenvalue weighted by Gasteiger charge is -2.15. The molecule has 1 rings (SSSR count). The number of rotatable bonds is 4. The van der Waals surface area contributed by atoms with Gasteiger partial charge in [0.1, 0.15) is 5.82 Å². The predicted molar refractivity (Wildman–Crippen MR) is 63.0 cm³/mol. The molecule has 0 saturated heterocycles. The summed E-state index contributed by atoms with van der Waals surface area (Å²) in [6.45, 7) is -0.891. The summed E-state index contributed by atoms with van der Waals surface area (Å²) in [5, 5.41) is 10.7. The number of carbonyl (C=O) groups is 1. The van der Waals surface area contributed by atoms with Crippen LogP contribution in [0.4, 0.5) is 19.0 Å². The maximum absolute atomic E-state index is 12.0. The predicted octanol–water partition coefficient (Wildman–Crippen LogP) is 0.801. The van der Waals surface area contributed by atoms with Gasteiger partial charge in [0.25, 0.3) is 5.91 Å². The number of aliphatic hydroxyl groups is 1. The molecular weight excluding hydrogens is 263 g/mol. The van der Waals surface area contributed by atoms with Crippen LogP contribution in [0.15, 0.2) is 18.3 Å². The molecule has 0 bridgehead atoms. The Balaban J connectivity index is 2.59. The second-order valence-corrected chi connectivity index (χ2v) is 4.07. The van der Waals surface area contributed by atoms with E-state index in [-0.39, 0.29) is 5.56 Å². The van der Waals surface area contributed by atoms with Gasteiger partial charge in [-0.2, -0.15) is 13.2 Å². The van der Waals surface area contributed by atoms with E-state index in [0.29, 0.717) is 5.82 Å². The quantitative estimate of drug-likeness (QED) is 0.854. The minimum absolute atomic E-state index is 0.125. The number of pyridine rings is 1. The molecule has 5 nitrogen and oxygen atoms in total. The Labute approximate surface area is 108 Å². The van der Waals surface area contributed by atoms with Gasteiger partial charge in [-0.05, 0) is 12.1 Å². The number of anilines is 1. The summed E-state index contributed by atoms with van der Waals surface area (Å²) >= 11 is 0. The zero-order valence-corrected chi connectivity index (χ0v) is 10.4. The second kappa shape index (κ2) is 5.87. The zero-order chi connectivity index (χ0) is 14.6. The van der Waals surface area contributed by atoms with Gasteiger partial charge in [-0.15, -0.1) is 0 Å². The largest absolute Gasteiger partial charge is 0.416 e. The number of carbonyl (C=O) groups excluding carboxylic acids is 1. The number of alkyl halides is 3. The van der Waals surface area contributed by atoms with Gasteiger partial charge in [-0.25, -0.2) is 4.98 Å². The first-order valence-corrected chi connectivity index (χ1v) is 5.38. The van der Waals surface area contributed by atoms with E-state index in [1.807, 2.05) is 5.32 Å². The molecule has 0 radical (unpaired) electrons. The average Bonchev–Trinajstić information content (AvgIpc) is 2.34. The lowest BCUT2D eigenvalue weighted by molar-refractivity contribution is -0.201. The van der Waals surface area contributed by atoms with E-state index in [1.54, 1.807) is 25.1 Å². The van der Waals surface area contributed by atoms with Crippen LogP contribution in [0.2, 0.25) is 0 Å². The van der Waals surface area contributed by atoms with Crippen molar-refractivity contribution < 1.29 is 23.1 Å². The molecule has 1 aromatic rings. The molecule has 0 aromatic carbocycles. The van der Waals surface area contributed by atoms with Crippen molar-refractivity contribution >= 4 is 11.7 Å². The van der Waals surface area contributed by atoms with Crippen LogP contribution >= 0.6 is 0 Å². The fraction of sp³-hybridized carbons (Fsp3) is 0.455. The van der Waals surface area contributed by atoms with Gasteiger partial charge in [0.2, 0.25) is 0 Å². The number of aliphatic hydroxyl groups excluding tert-OH is 1. The van der Waals surface area contributed by atoms with Crippen molar-refractivity contribution in [2.24, 2.45) is 0 Å². The molecule has 0 aliphatic heterocycles. The monoisotopic (exact) mass is 277 g/mol.